The van der Waals surface area contributed by atoms with Crippen LogP contribution in [0.25, 0.3) is 0 Å². The third-order valence-electron chi connectivity index (χ3n) is 3.10. The minimum absolute atomic E-state index is 0.0398. The monoisotopic (exact) mass is 318 g/mol. The van der Waals surface area contributed by atoms with Gasteiger partial charge in [0.25, 0.3) is 0 Å². The normalized spacial score (nSPS) is 13.7. The lowest BCUT2D eigenvalue weighted by atomic mass is 10.1. The van der Waals surface area contributed by atoms with E-state index in [1.54, 1.807) is 12.1 Å². The summed E-state index contributed by atoms with van der Waals surface area (Å²) in [4.78, 5) is 11.9. The Kier molecular flexibility index (Phi) is 7.13. The molecule has 6 heteroatoms. The Bertz CT molecular complexity index is 455. The first-order chi connectivity index (χ1) is 9.49. The largest absolute Gasteiger partial charge is 0.396 e. The number of aliphatic hydroxyl groups is 1. The Balaban J connectivity index is 2.63. The van der Waals surface area contributed by atoms with Crippen LogP contribution in [0.15, 0.2) is 18.2 Å². The number of amides is 2. The molecule has 112 valence electrons. The van der Waals surface area contributed by atoms with Crippen molar-refractivity contribution in [1.29, 1.82) is 0 Å². The molecular formula is C14H20Cl2N2O2. The standard InChI is InChI=1S/C14H20Cl2N2O2/c1-3-10(7-8-19)18-14(20)17-9(2)11-5-4-6-12(15)13(11)16/h4-6,9-10,19H,3,7-8H2,1-2H3,(H2,17,18,20). The summed E-state index contributed by atoms with van der Waals surface area (Å²) in [5.74, 6) is 0. The predicted octanol–water partition coefficient (Wildman–Crippen LogP) is 3.51. The molecule has 0 bridgehead atoms. The van der Waals surface area contributed by atoms with Crippen molar-refractivity contribution in [1.82, 2.24) is 10.6 Å². The summed E-state index contributed by atoms with van der Waals surface area (Å²) in [5.41, 5.74) is 0.768. The number of carbonyl (C=O) groups excluding carboxylic acids is 1. The number of benzene rings is 1. The van der Waals surface area contributed by atoms with Crippen LogP contribution in [0.5, 0.6) is 0 Å². The van der Waals surface area contributed by atoms with Gasteiger partial charge in [-0.3, -0.25) is 0 Å². The van der Waals surface area contributed by atoms with Gasteiger partial charge in [0.1, 0.15) is 0 Å². The Morgan fingerprint density at radius 3 is 2.65 bits per heavy atom. The van der Waals surface area contributed by atoms with E-state index < -0.39 is 0 Å². The first kappa shape index (κ1) is 17.1. The third kappa shape index (κ3) is 4.85. The van der Waals surface area contributed by atoms with Gasteiger partial charge in [0.05, 0.1) is 16.1 Å². The van der Waals surface area contributed by atoms with Crippen LogP contribution in [-0.4, -0.2) is 23.8 Å². The van der Waals surface area contributed by atoms with E-state index in [9.17, 15) is 4.79 Å². The average Bonchev–Trinajstić information content (AvgIpc) is 2.41. The smallest absolute Gasteiger partial charge is 0.315 e. The molecule has 0 radical (unpaired) electrons. The molecule has 0 heterocycles. The Hall–Kier alpha value is -0.970. The van der Waals surface area contributed by atoms with Crippen LogP contribution in [0.4, 0.5) is 4.79 Å². The van der Waals surface area contributed by atoms with Gasteiger partial charge < -0.3 is 15.7 Å². The van der Waals surface area contributed by atoms with E-state index in [-0.39, 0.29) is 24.7 Å². The van der Waals surface area contributed by atoms with Crippen molar-refractivity contribution >= 4 is 29.2 Å². The zero-order chi connectivity index (χ0) is 15.1. The SMILES string of the molecule is CCC(CCO)NC(=O)NC(C)c1cccc(Cl)c1Cl. The highest BCUT2D eigenvalue weighted by Gasteiger charge is 2.16. The molecule has 0 aliphatic carbocycles. The quantitative estimate of drug-likeness (QED) is 0.751. The second-order valence-electron chi connectivity index (χ2n) is 4.60. The molecule has 1 aromatic carbocycles. The van der Waals surface area contributed by atoms with Gasteiger partial charge in [-0.15, -0.1) is 0 Å². The summed E-state index contributed by atoms with van der Waals surface area (Å²) in [5, 5.41) is 15.4. The van der Waals surface area contributed by atoms with Gasteiger partial charge in [0.15, 0.2) is 0 Å². The molecule has 2 unspecified atom stereocenters. The molecule has 0 aromatic heterocycles. The van der Waals surface area contributed by atoms with E-state index in [4.69, 9.17) is 28.3 Å². The number of hydrogen-bond donors (Lipinski definition) is 3. The number of carbonyl (C=O) groups is 1. The van der Waals surface area contributed by atoms with Crippen LogP contribution < -0.4 is 10.6 Å². The Morgan fingerprint density at radius 2 is 2.05 bits per heavy atom. The number of aliphatic hydroxyl groups excluding tert-OH is 1. The third-order valence-corrected chi connectivity index (χ3v) is 3.93. The molecule has 0 saturated carbocycles. The lowest BCUT2D eigenvalue weighted by Crippen LogP contribution is -2.43. The first-order valence-electron chi connectivity index (χ1n) is 6.61. The zero-order valence-electron chi connectivity index (χ0n) is 11.6. The second kappa shape index (κ2) is 8.35. The van der Waals surface area contributed by atoms with Crippen LogP contribution >= 0.6 is 23.2 Å². The molecule has 0 fully saturated rings. The summed E-state index contributed by atoms with van der Waals surface area (Å²) < 4.78 is 0. The highest BCUT2D eigenvalue weighted by Crippen LogP contribution is 2.29. The fraction of sp³-hybridized carbons (Fsp3) is 0.500. The van der Waals surface area contributed by atoms with Gasteiger partial charge in [-0.1, -0.05) is 42.3 Å². The molecule has 4 nitrogen and oxygen atoms in total. The highest BCUT2D eigenvalue weighted by atomic mass is 35.5. The van der Waals surface area contributed by atoms with E-state index in [0.717, 1.165) is 12.0 Å². The van der Waals surface area contributed by atoms with Crippen molar-refractivity contribution in [3.63, 3.8) is 0 Å². The zero-order valence-corrected chi connectivity index (χ0v) is 13.1. The molecule has 2 amide bonds. The van der Waals surface area contributed by atoms with Crippen LogP contribution in [0.1, 0.15) is 38.3 Å². The molecule has 0 aliphatic heterocycles. The maximum absolute atomic E-state index is 11.9. The van der Waals surface area contributed by atoms with Crippen molar-refractivity contribution in [3.05, 3.63) is 33.8 Å². The maximum Gasteiger partial charge on any atom is 0.315 e. The number of halogens is 2. The summed E-state index contributed by atoms with van der Waals surface area (Å²) in [6.07, 6.45) is 1.30. The lowest BCUT2D eigenvalue weighted by Gasteiger charge is -2.20. The van der Waals surface area contributed by atoms with E-state index in [1.165, 1.54) is 0 Å². The lowest BCUT2D eigenvalue weighted by molar-refractivity contribution is 0.225. The van der Waals surface area contributed by atoms with Crippen LogP contribution in [0, 0.1) is 0 Å². The minimum Gasteiger partial charge on any atom is -0.396 e. The van der Waals surface area contributed by atoms with E-state index in [2.05, 4.69) is 10.6 Å². The first-order valence-corrected chi connectivity index (χ1v) is 7.37. The summed E-state index contributed by atoms with van der Waals surface area (Å²) in [6.45, 7) is 3.84. The topological polar surface area (TPSA) is 61.4 Å². The number of hydrogen-bond acceptors (Lipinski definition) is 2. The van der Waals surface area contributed by atoms with Crippen molar-refractivity contribution in [2.24, 2.45) is 0 Å². The van der Waals surface area contributed by atoms with Gasteiger partial charge in [-0.05, 0) is 31.4 Å². The van der Waals surface area contributed by atoms with Crippen molar-refractivity contribution in [2.75, 3.05) is 6.61 Å². The number of nitrogens with one attached hydrogen (secondary N) is 2. The minimum atomic E-state index is -0.283. The molecule has 0 aliphatic rings. The Labute approximate surface area is 129 Å². The fourth-order valence-corrected chi connectivity index (χ4v) is 2.36. The van der Waals surface area contributed by atoms with E-state index >= 15 is 0 Å². The van der Waals surface area contributed by atoms with Gasteiger partial charge in [-0.2, -0.15) is 0 Å². The molecule has 0 saturated heterocycles. The van der Waals surface area contributed by atoms with Crippen molar-refractivity contribution < 1.29 is 9.90 Å². The highest BCUT2D eigenvalue weighted by molar-refractivity contribution is 6.42. The second-order valence-corrected chi connectivity index (χ2v) is 5.39. The molecule has 20 heavy (non-hydrogen) atoms. The summed E-state index contributed by atoms with van der Waals surface area (Å²) >= 11 is 12.1. The maximum atomic E-state index is 11.9. The van der Waals surface area contributed by atoms with Crippen molar-refractivity contribution in [3.8, 4) is 0 Å². The van der Waals surface area contributed by atoms with E-state index in [1.807, 2.05) is 19.9 Å². The summed E-state index contributed by atoms with van der Waals surface area (Å²) in [7, 11) is 0. The number of urea groups is 1. The fourth-order valence-electron chi connectivity index (χ4n) is 1.89. The van der Waals surface area contributed by atoms with Gasteiger partial charge >= 0.3 is 6.03 Å². The van der Waals surface area contributed by atoms with E-state index in [0.29, 0.717) is 16.5 Å². The Morgan fingerprint density at radius 1 is 1.35 bits per heavy atom. The molecule has 3 N–H and O–H groups in total. The van der Waals surface area contributed by atoms with Gasteiger partial charge in [-0.25, -0.2) is 4.79 Å². The summed E-state index contributed by atoms with van der Waals surface area (Å²) in [6, 6.07) is 4.74. The molecule has 1 rings (SSSR count). The number of rotatable bonds is 6. The van der Waals surface area contributed by atoms with Gasteiger partial charge in [0, 0.05) is 12.6 Å². The molecular weight excluding hydrogens is 299 g/mol. The van der Waals surface area contributed by atoms with Crippen molar-refractivity contribution in [2.45, 2.75) is 38.8 Å². The van der Waals surface area contributed by atoms with Crippen LogP contribution in [0.2, 0.25) is 10.0 Å². The van der Waals surface area contributed by atoms with Crippen LogP contribution in [0.3, 0.4) is 0 Å². The average molecular weight is 319 g/mol. The van der Waals surface area contributed by atoms with Crippen LogP contribution in [-0.2, 0) is 0 Å². The van der Waals surface area contributed by atoms with Gasteiger partial charge in [0.2, 0.25) is 0 Å². The molecule has 1 aromatic rings. The predicted molar refractivity (Wildman–Crippen MR) is 82.3 cm³/mol. The molecule has 2 atom stereocenters. The molecule has 0 spiro atoms.